The maximum atomic E-state index is 11.7. The second-order valence-corrected chi connectivity index (χ2v) is 6.11. The monoisotopic (exact) mass is 311 g/mol. The number of amides is 1. The Kier molecular flexibility index (Phi) is 5.46. The Labute approximate surface area is 136 Å². The van der Waals surface area contributed by atoms with Gasteiger partial charge in [0.15, 0.2) is 6.61 Å². The summed E-state index contributed by atoms with van der Waals surface area (Å²) in [4.78, 5) is 15.7. The summed E-state index contributed by atoms with van der Waals surface area (Å²) in [5, 5.41) is 3.83. The molecule has 1 amide bonds. The van der Waals surface area contributed by atoms with Crippen molar-refractivity contribution in [3.63, 3.8) is 0 Å². The number of nitrogens with one attached hydrogen (secondary N) is 1. The highest BCUT2D eigenvalue weighted by molar-refractivity contribution is 5.81. The molecule has 23 heavy (non-hydrogen) atoms. The molecule has 0 bridgehead atoms. The van der Waals surface area contributed by atoms with Crippen LogP contribution in [0.15, 0.2) is 53.8 Å². The van der Waals surface area contributed by atoms with Crippen LogP contribution < -0.4 is 10.2 Å². The molecule has 1 heterocycles. The first-order chi connectivity index (χ1) is 10.9. The second kappa shape index (κ2) is 7.54. The summed E-state index contributed by atoms with van der Waals surface area (Å²) < 4.78 is 5.44. The fourth-order valence-corrected chi connectivity index (χ4v) is 1.86. The number of aromatic nitrogens is 1. The van der Waals surface area contributed by atoms with Crippen molar-refractivity contribution >= 4 is 12.1 Å². The molecule has 1 N–H and O–H groups in total. The molecule has 120 valence electrons. The summed E-state index contributed by atoms with van der Waals surface area (Å²) in [6, 6.07) is 13.2. The van der Waals surface area contributed by atoms with Gasteiger partial charge in [-0.25, -0.2) is 5.43 Å². The molecule has 0 aliphatic rings. The molecule has 2 rings (SSSR count). The van der Waals surface area contributed by atoms with Crippen LogP contribution in [0.5, 0.6) is 5.75 Å². The van der Waals surface area contributed by atoms with E-state index in [0.29, 0.717) is 11.4 Å². The lowest BCUT2D eigenvalue weighted by molar-refractivity contribution is -0.123. The molecular weight excluding hydrogens is 290 g/mol. The molecule has 5 heteroatoms. The maximum absolute atomic E-state index is 11.7. The highest BCUT2D eigenvalue weighted by Crippen LogP contribution is 2.24. The number of carbonyl (C=O) groups excluding carboxylic acids is 1. The van der Waals surface area contributed by atoms with E-state index >= 15 is 0 Å². The van der Waals surface area contributed by atoms with E-state index in [1.165, 1.54) is 11.8 Å². The van der Waals surface area contributed by atoms with E-state index in [4.69, 9.17) is 4.74 Å². The van der Waals surface area contributed by atoms with Crippen LogP contribution in [0, 0.1) is 0 Å². The molecule has 0 saturated carbocycles. The van der Waals surface area contributed by atoms with Gasteiger partial charge in [-0.2, -0.15) is 5.10 Å². The second-order valence-electron chi connectivity index (χ2n) is 6.11. The number of ether oxygens (including phenoxy) is 1. The summed E-state index contributed by atoms with van der Waals surface area (Å²) >= 11 is 0. The Balaban J connectivity index is 1.79. The normalized spacial score (nSPS) is 11.4. The zero-order valence-electron chi connectivity index (χ0n) is 13.6. The first-order valence-electron chi connectivity index (χ1n) is 7.41. The van der Waals surface area contributed by atoms with E-state index in [-0.39, 0.29) is 17.9 Å². The van der Waals surface area contributed by atoms with Gasteiger partial charge in [-0.3, -0.25) is 9.78 Å². The lowest BCUT2D eigenvalue weighted by atomic mass is 9.87. The Morgan fingerprint density at radius 2 is 1.96 bits per heavy atom. The topological polar surface area (TPSA) is 63.6 Å². The van der Waals surface area contributed by atoms with Crippen LogP contribution >= 0.6 is 0 Å². The van der Waals surface area contributed by atoms with E-state index in [1.54, 1.807) is 12.3 Å². The van der Waals surface area contributed by atoms with Crippen molar-refractivity contribution in [2.24, 2.45) is 5.10 Å². The number of hydrogen-bond acceptors (Lipinski definition) is 4. The van der Waals surface area contributed by atoms with Crippen molar-refractivity contribution < 1.29 is 9.53 Å². The third-order valence-corrected chi connectivity index (χ3v) is 3.16. The van der Waals surface area contributed by atoms with Crippen LogP contribution in [-0.4, -0.2) is 23.7 Å². The average molecular weight is 311 g/mol. The van der Waals surface area contributed by atoms with Crippen LogP contribution in [0.4, 0.5) is 0 Å². The highest BCUT2D eigenvalue weighted by Gasteiger charge is 2.13. The standard InChI is InChI=1S/C18H21N3O2/c1-18(2,3)14-7-9-16(10-8-14)23-13-17(22)21-20-12-15-6-4-5-11-19-15/h4-12H,13H2,1-3H3,(H,21,22)/b20-12+. The van der Waals surface area contributed by atoms with Gasteiger partial charge in [0, 0.05) is 6.20 Å². The average Bonchev–Trinajstić information content (AvgIpc) is 2.53. The van der Waals surface area contributed by atoms with E-state index in [2.05, 4.69) is 36.3 Å². The molecule has 0 saturated heterocycles. The molecule has 0 atom stereocenters. The van der Waals surface area contributed by atoms with E-state index < -0.39 is 0 Å². The van der Waals surface area contributed by atoms with Gasteiger partial charge in [-0.05, 0) is 35.2 Å². The minimum absolute atomic E-state index is 0.0889. The minimum Gasteiger partial charge on any atom is -0.484 e. The van der Waals surface area contributed by atoms with Crippen LogP contribution in [0.25, 0.3) is 0 Å². The fraction of sp³-hybridized carbons (Fsp3) is 0.278. The number of carbonyl (C=O) groups is 1. The van der Waals surface area contributed by atoms with Crippen molar-refractivity contribution in [2.45, 2.75) is 26.2 Å². The molecule has 5 nitrogen and oxygen atoms in total. The Morgan fingerprint density at radius 3 is 2.57 bits per heavy atom. The highest BCUT2D eigenvalue weighted by atomic mass is 16.5. The van der Waals surface area contributed by atoms with Crippen molar-refractivity contribution in [1.82, 2.24) is 10.4 Å². The molecule has 1 aromatic carbocycles. The molecule has 2 aromatic rings. The number of hydrogen-bond donors (Lipinski definition) is 1. The third kappa shape index (κ3) is 5.54. The van der Waals surface area contributed by atoms with Gasteiger partial charge in [-0.15, -0.1) is 0 Å². The van der Waals surface area contributed by atoms with E-state index in [0.717, 1.165) is 0 Å². The number of rotatable bonds is 5. The van der Waals surface area contributed by atoms with Crippen LogP contribution in [0.2, 0.25) is 0 Å². The zero-order chi connectivity index (χ0) is 16.7. The molecule has 0 aliphatic carbocycles. The molecule has 0 spiro atoms. The number of hydrazone groups is 1. The lowest BCUT2D eigenvalue weighted by Crippen LogP contribution is -2.24. The smallest absolute Gasteiger partial charge is 0.277 e. The summed E-state index contributed by atoms with van der Waals surface area (Å²) in [6.07, 6.45) is 3.14. The zero-order valence-corrected chi connectivity index (χ0v) is 13.6. The quantitative estimate of drug-likeness (QED) is 0.682. The van der Waals surface area contributed by atoms with Gasteiger partial charge in [0.1, 0.15) is 5.75 Å². The predicted molar refractivity (Wildman–Crippen MR) is 90.6 cm³/mol. The van der Waals surface area contributed by atoms with Crippen molar-refractivity contribution in [2.75, 3.05) is 6.61 Å². The summed E-state index contributed by atoms with van der Waals surface area (Å²) in [6.45, 7) is 6.36. The van der Waals surface area contributed by atoms with Gasteiger partial charge in [0.25, 0.3) is 5.91 Å². The SMILES string of the molecule is CC(C)(C)c1ccc(OCC(=O)N/N=C/c2ccccn2)cc1. The van der Waals surface area contributed by atoms with Crippen molar-refractivity contribution in [1.29, 1.82) is 0 Å². The molecule has 0 aliphatic heterocycles. The molecule has 0 radical (unpaired) electrons. The van der Waals surface area contributed by atoms with Gasteiger partial charge in [-0.1, -0.05) is 39.0 Å². The Hall–Kier alpha value is -2.69. The number of benzene rings is 1. The largest absolute Gasteiger partial charge is 0.484 e. The predicted octanol–water partition coefficient (Wildman–Crippen LogP) is 2.91. The Morgan fingerprint density at radius 1 is 1.22 bits per heavy atom. The first-order valence-corrected chi connectivity index (χ1v) is 7.41. The van der Waals surface area contributed by atoms with Crippen molar-refractivity contribution in [3.8, 4) is 5.75 Å². The summed E-state index contributed by atoms with van der Waals surface area (Å²) in [7, 11) is 0. The van der Waals surface area contributed by atoms with Gasteiger partial charge < -0.3 is 4.74 Å². The third-order valence-electron chi connectivity index (χ3n) is 3.16. The maximum Gasteiger partial charge on any atom is 0.277 e. The van der Waals surface area contributed by atoms with Crippen LogP contribution in [-0.2, 0) is 10.2 Å². The van der Waals surface area contributed by atoms with Crippen LogP contribution in [0.1, 0.15) is 32.0 Å². The van der Waals surface area contributed by atoms with E-state index in [9.17, 15) is 4.79 Å². The van der Waals surface area contributed by atoms with Gasteiger partial charge in [0.2, 0.25) is 0 Å². The molecule has 1 aromatic heterocycles. The Bertz CT molecular complexity index is 659. The molecule has 0 unspecified atom stereocenters. The first kappa shape index (κ1) is 16.7. The lowest BCUT2D eigenvalue weighted by Gasteiger charge is -2.19. The number of pyridine rings is 1. The molecular formula is C18H21N3O2. The van der Waals surface area contributed by atoms with E-state index in [1.807, 2.05) is 36.4 Å². The van der Waals surface area contributed by atoms with Gasteiger partial charge in [0.05, 0.1) is 11.9 Å². The van der Waals surface area contributed by atoms with Crippen LogP contribution in [0.3, 0.4) is 0 Å². The fourth-order valence-electron chi connectivity index (χ4n) is 1.86. The molecule has 0 fully saturated rings. The minimum atomic E-state index is -0.322. The number of nitrogens with zero attached hydrogens (tertiary/aromatic N) is 2. The summed E-state index contributed by atoms with van der Waals surface area (Å²) in [5.74, 6) is 0.332. The van der Waals surface area contributed by atoms with Crippen molar-refractivity contribution in [3.05, 3.63) is 59.9 Å². The summed E-state index contributed by atoms with van der Waals surface area (Å²) in [5.41, 5.74) is 4.39. The van der Waals surface area contributed by atoms with Gasteiger partial charge >= 0.3 is 0 Å².